The van der Waals surface area contributed by atoms with Gasteiger partial charge in [0, 0.05) is 25.3 Å². The standard InChI is InChI=1S/C17H21N3/c1-3-18-13(2)14-8-9-17(19-10-14)20-11-15-6-4-5-7-16(15)12-20/h4-10,13,18H,3,11-12H2,1-2H3. The van der Waals surface area contributed by atoms with Crippen LogP contribution in [0.1, 0.15) is 36.6 Å². The quantitative estimate of drug-likeness (QED) is 0.921. The Morgan fingerprint density at radius 2 is 1.85 bits per heavy atom. The van der Waals surface area contributed by atoms with Gasteiger partial charge in [0.05, 0.1) is 0 Å². The minimum Gasteiger partial charge on any atom is -0.348 e. The molecule has 1 aliphatic heterocycles. The highest BCUT2D eigenvalue weighted by molar-refractivity contribution is 5.47. The molecule has 1 atom stereocenters. The van der Waals surface area contributed by atoms with Crippen LogP contribution >= 0.6 is 0 Å². The maximum absolute atomic E-state index is 4.63. The van der Waals surface area contributed by atoms with E-state index in [-0.39, 0.29) is 0 Å². The summed E-state index contributed by atoms with van der Waals surface area (Å²) in [6.07, 6.45) is 1.99. The van der Waals surface area contributed by atoms with Crippen molar-refractivity contribution in [1.82, 2.24) is 10.3 Å². The van der Waals surface area contributed by atoms with Crippen molar-refractivity contribution in [3.05, 3.63) is 59.3 Å². The van der Waals surface area contributed by atoms with Gasteiger partial charge in [0.25, 0.3) is 0 Å². The van der Waals surface area contributed by atoms with E-state index in [9.17, 15) is 0 Å². The zero-order chi connectivity index (χ0) is 13.9. The average Bonchev–Trinajstić information content (AvgIpc) is 2.91. The smallest absolute Gasteiger partial charge is 0.129 e. The van der Waals surface area contributed by atoms with Crippen molar-refractivity contribution >= 4 is 5.82 Å². The Kier molecular flexibility index (Phi) is 3.70. The van der Waals surface area contributed by atoms with Gasteiger partial charge in [0.1, 0.15) is 5.82 Å². The van der Waals surface area contributed by atoms with Crippen molar-refractivity contribution in [2.24, 2.45) is 0 Å². The monoisotopic (exact) mass is 267 g/mol. The fourth-order valence-corrected chi connectivity index (χ4v) is 2.76. The topological polar surface area (TPSA) is 28.2 Å². The Morgan fingerprint density at radius 1 is 1.15 bits per heavy atom. The summed E-state index contributed by atoms with van der Waals surface area (Å²) in [4.78, 5) is 6.96. The van der Waals surface area contributed by atoms with Crippen LogP contribution in [-0.2, 0) is 13.1 Å². The van der Waals surface area contributed by atoms with Gasteiger partial charge in [0.15, 0.2) is 0 Å². The van der Waals surface area contributed by atoms with E-state index in [1.165, 1.54) is 16.7 Å². The normalized spacial score (nSPS) is 15.2. The van der Waals surface area contributed by atoms with Gasteiger partial charge in [-0.3, -0.25) is 0 Å². The Balaban J connectivity index is 1.74. The second-order valence-electron chi connectivity index (χ2n) is 5.35. The van der Waals surface area contributed by atoms with Gasteiger partial charge in [-0.05, 0) is 36.2 Å². The number of aromatic nitrogens is 1. The van der Waals surface area contributed by atoms with Crippen LogP contribution in [0.4, 0.5) is 5.82 Å². The number of benzene rings is 1. The molecular formula is C17H21N3. The van der Waals surface area contributed by atoms with Crippen LogP contribution in [0.5, 0.6) is 0 Å². The molecule has 1 aromatic carbocycles. The summed E-state index contributed by atoms with van der Waals surface area (Å²) in [5.41, 5.74) is 4.08. The van der Waals surface area contributed by atoms with Crippen molar-refractivity contribution in [3.8, 4) is 0 Å². The molecule has 20 heavy (non-hydrogen) atoms. The molecule has 0 saturated heterocycles. The van der Waals surface area contributed by atoms with Gasteiger partial charge >= 0.3 is 0 Å². The summed E-state index contributed by atoms with van der Waals surface area (Å²) < 4.78 is 0. The summed E-state index contributed by atoms with van der Waals surface area (Å²) >= 11 is 0. The molecule has 0 amide bonds. The Hall–Kier alpha value is -1.87. The van der Waals surface area contributed by atoms with Gasteiger partial charge in [-0.1, -0.05) is 37.3 Å². The summed E-state index contributed by atoms with van der Waals surface area (Å²) in [6, 6.07) is 13.3. The van der Waals surface area contributed by atoms with Crippen molar-refractivity contribution in [2.75, 3.05) is 11.4 Å². The second-order valence-corrected chi connectivity index (χ2v) is 5.35. The first-order valence-corrected chi connectivity index (χ1v) is 7.29. The number of fused-ring (bicyclic) bond motifs is 1. The van der Waals surface area contributed by atoms with Crippen molar-refractivity contribution in [1.29, 1.82) is 0 Å². The Labute approximate surface area is 120 Å². The molecular weight excluding hydrogens is 246 g/mol. The van der Waals surface area contributed by atoms with E-state index in [0.717, 1.165) is 25.5 Å². The minimum absolute atomic E-state index is 0.359. The number of nitrogens with zero attached hydrogens (tertiary/aromatic N) is 2. The second kappa shape index (κ2) is 5.63. The molecule has 104 valence electrons. The summed E-state index contributed by atoms with van der Waals surface area (Å²) in [5, 5.41) is 3.41. The number of nitrogens with one attached hydrogen (secondary N) is 1. The largest absolute Gasteiger partial charge is 0.348 e. The van der Waals surface area contributed by atoms with E-state index < -0.39 is 0 Å². The third-order valence-corrected chi connectivity index (χ3v) is 3.95. The van der Waals surface area contributed by atoms with Crippen LogP contribution < -0.4 is 10.2 Å². The van der Waals surface area contributed by atoms with Crippen LogP contribution in [0.3, 0.4) is 0 Å². The molecule has 3 heteroatoms. The zero-order valence-corrected chi connectivity index (χ0v) is 12.1. The highest BCUT2D eigenvalue weighted by Crippen LogP contribution is 2.27. The fourth-order valence-electron chi connectivity index (χ4n) is 2.76. The molecule has 0 bridgehead atoms. The maximum atomic E-state index is 4.63. The predicted molar refractivity (Wildman–Crippen MR) is 82.7 cm³/mol. The Morgan fingerprint density at radius 3 is 2.40 bits per heavy atom. The molecule has 0 fully saturated rings. The van der Waals surface area contributed by atoms with E-state index in [1.807, 2.05) is 6.20 Å². The van der Waals surface area contributed by atoms with E-state index in [4.69, 9.17) is 0 Å². The van der Waals surface area contributed by atoms with Crippen LogP contribution in [0.2, 0.25) is 0 Å². The first-order valence-electron chi connectivity index (χ1n) is 7.29. The predicted octanol–water partition coefficient (Wildman–Crippen LogP) is 3.27. The molecule has 1 aromatic heterocycles. The van der Waals surface area contributed by atoms with Crippen molar-refractivity contribution in [2.45, 2.75) is 33.0 Å². The first kappa shape index (κ1) is 13.1. The molecule has 1 unspecified atom stereocenters. The molecule has 0 radical (unpaired) electrons. The maximum Gasteiger partial charge on any atom is 0.129 e. The molecule has 2 aromatic rings. The Bertz CT molecular complexity index is 552. The van der Waals surface area contributed by atoms with Gasteiger partial charge < -0.3 is 10.2 Å². The van der Waals surface area contributed by atoms with Crippen molar-refractivity contribution in [3.63, 3.8) is 0 Å². The van der Waals surface area contributed by atoms with Crippen LogP contribution in [0.15, 0.2) is 42.6 Å². The number of hydrogen-bond donors (Lipinski definition) is 1. The van der Waals surface area contributed by atoms with Gasteiger partial charge in [0.2, 0.25) is 0 Å². The van der Waals surface area contributed by atoms with E-state index in [2.05, 4.69) is 65.4 Å². The van der Waals surface area contributed by atoms with Gasteiger partial charge in [-0.25, -0.2) is 4.98 Å². The molecule has 1 aliphatic rings. The van der Waals surface area contributed by atoms with Gasteiger partial charge in [-0.15, -0.1) is 0 Å². The lowest BCUT2D eigenvalue weighted by Crippen LogP contribution is -2.19. The van der Waals surface area contributed by atoms with Crippen LogP contribution in [0.25, 0.3) is 0 Å². The fraction of sp³-hybridized carbons (Fsp3) is 0.353. The SMILES string of the molecule is CCNC(C)c1ccc(N2Cc3ccccc3C2)nc1. The first-order chi connectivity index (χ1) is 9.78. The number of rotatable bonds is 4. The summed E-state index contributed by atoms with van der Waals surface area (Å²) in [6.45, 7) is 7.20. The lowest BCUT2D eigenvalue weighted by Gasteiger charge is -2.18. The van der Waals surface area contributed by atoms with Crippen molar-refractivity contribution < 1.29 is 0 Å². The number of hydrogen-bond acceptors (Lipinski definition) is 3. The van der Waals surface area contributed by atoms with E-state index in [0.29, 0.717) is 6.04 Å². The van der Waals surface area contributed by atoms with Crippen LogP contribution in [0, 0.1) is 0 Å². The number of pyridine rings is 1. The summed E-state index contributed by atoms with van der Waals surface area (Å²) in [7, 11) is 0. The molecule has 3 nitrogen and oxygen atoms in total. The highest BCUT2D eigenvalue weighted by Gasteiger charge is 2.19. The molecule has 0 spiro atoms. The lowest BCUT2D eigenvalue weighted by atomic mass is 10.1. The zero-order valence-electron chi connectivity index (χ0n) is 12.1. The molecule has 3 rings (SSSR count). The number of anilines is 1. The third kappa shape index (κ3) is 2.54. The third-order valence-electron chi connectivity index (χ3n) is 3.95. The minimum atomic E-state index is 0.359. The average molecular weight is 267 g/mol. The highest BCUT2D eigenvalue weighted by atomic mass is 15.2. The molecule has 0 aliphatic carbocycles. The molecule has 2 heterocycles. The van der Waals surface area contributed by atoms with E-state index in [1.54, 1.807) is 0 Å². The molecule has 0 saturated carbocycles. The van der Waals surface area contributed by atoms with Gasteiger partial charge in [-0.2, -0.15) is 0 Å². The summed E-state index contributed by atoms with van der Waals surface area (Å²) in [5.74, 6) is 1.06. The van der Waals surface area contributed by atoms with E-state index >= 15 is 0 Å². The van der Waals surface area contributed by atoms with Crippen LogP contribution in [-0.4, -0.2) is 11.5 Å². The molecule has 1 N–H and O–H groups in total. The lowest BCUT2D eigenvalue weighted by molar-refractivity contribution is 0.596.